The Morgan fingerprint density at radius 3 is 2.95 bits per heavy atom. The van der Waals surface area contributed by atoms with Crippen LogP contribution in [0.25, 0.3) is 0 Å². The van der Waals surface area contributed by atoms with Crippen molar-refractivity contribution < 1.29 is 4.39 Å². The van der Waals surface area contributed by atoms with Crippen LogP contribution in [0.3, 0.4) is 0 Å². The Morgan fingerprint density at radius 1 is 1.47 bits per heavy atom. The molecule has 0 unspecified atom stereocenters. The van der Waals surface area contributed by atoms with Gasteiger partial charge in [-0.2, -0.15) is 0 Å². The predicted molar refractivity (Wildman–Crippen MR) is 72.9 cm³/mol. The molecule has 19 heavy (non-hydrogen) atoms. The maximum absolute atomic E-state index is 13.9. The molecule has 0 spiro atoms. The van der Waals surface area contributed by atoms with Crippen LogP contribution in [0.1, 0.15) is 11.1 Å². The van der Waals surface area contributed by atoms with Gasteiger partial charge in [-0.05, 0) is 17.7 Å². The van der Waals surface area contributed by atoms with E-state index >= 15 is 0 Å². The molecule has 1 aromatic heterocycles. The van der Waals surface area contributed by atoms with Crippen molar-refractivity contribution in [1.82, 2.24) is 14.8 Å². The number of aryl methyl sites for hydroxylation is 1. The smallest absolute Gasteiger partial charge is 0.191 e. The molecular weight excluding hydrogens is 263 g/mol. The Morgan fingerprint density at radius 2 is 2.32 bits per heavy atom. The molecular formula is C13H13FN4S. The number of nitrogens with two attached hydrogens (primary N) is 1. The number of benzene rings is 1. The molecule has 0 bridgehead atoms. The summed E-state index contributed by atoms with van der Waals surface area (Å²) in [5, 5.41) is 8.46. The first-order valence-electron chi connectivity index (χ1n) is 5.65. The normalized spacial score (nSPS) is 10.1. The van der Waals surface area contributed by atoms with Gasteiger partial charge in [-0.1, -0.05) is 29.7 Å². The molecule has 2 aromatic rings. The van der Waals surface area contributed by atoms with E-state index in [1.807, 2.05) is 7.05 Å². The van der Waals surface area contributed by atoms with Gasteiger partial charge in [0.25, 0.3) is 0 Å². The lowest BCUT2D eigenvalue weighted by Crippen LogP contribution is -1.94. The van der Waals surface area contributed by atoms with E-state index in [-0.39, 0.29) is 12.4 Å². The second-order valence-electron chi connectivity index (χ2n) is 3.83. The number of nitrogens with zero attached hydrogens (tertiary/aromatic N) is 3. The van der Waals surface area contributed by atoms with Crippen LogP contribution in [-0.2, 0) is 12.8 Å². The highest BCUT2D eigenvalue weighted by Crippen LogP contribution is 2.22. The average molecular weight is 276 g/mol. The lowest BCUT2D eigenvalue weighted by atomic mass is 10.1. The maximum Gasteiger partial charge on any atom is 0.191 e. The monoisotopic (exact) mass is 276 g/mol. The third-order valence-corrected chi connectivity index (χ3v) is 3.50. The van der Waals surface area contributed by atoms with E-state index in [4.69, 9.17) is 5.73 Å². The van der Waals surface area contributed by atoms with Crippen molar-refractivity contribution in [1.29, 1.82) is 0 Å². The van der Waals surface area contributed by atoms with E-state index in [0.29, 0.717) is 16.9 Å². The Bertz CT molecular complexity index is 627. The second-order valence-corrected chi connectivity index (χ2v) is 4.77. The van der Waals surface area contributed by atoms with E-state index in [9.17, 15) is 4.39 Å². The van der Waals surface area contributed by atoms with E-state index in [0.717, 1.165) is 5.16 Å². The van der Waals surface area contributed by atoms with Crippen molar-refractivity contribution in [3.8, 4) is 11.8 Å². The van der Waals surface area contributed by atoms with Gasteiger partial charge in [0, 0.05) is 18.4 Å². The topological polar surface area (TPSA) is 56.7 Å². The lowest BCUT2D eigenvalue weighted by molar-refractivity contribution is 0.616. The van der Waals surface area contributed by atoms with Crippen LogP contribution in [-0.4, -0.2) is 21.3 Å². The van der Waals surface area contributed by atoms with Crippen LogP contribution in [0.5, 0.6) is 0 Å². The van der Waals surface area contributed by atoms with Gasteiger partial charge in [0.15, 0.2) is 5.16 Å². The molecule has 0 aliphatic rings. The fraction of sp³-hybridized carbons (Fsp3) is 0.231. The Balaban J connectivity index is 2.07. The third kappa shape index (κ3) is 3.56. The molecule has 0 amide bonds. The molecule has 0 aliphatic carbocycles. The molecule has 0 radical (unpaired) electrons. The minimum absolute atomic E-state index is 0.265. The van der Waals surface area contributed by atoms with Crippen molar-refractivity contribution in [3.63, 3.8) is 0 Å². The van der Waals surface area contributed by atoms with Crippen LogP contribution >= 0.6 is 11.8 Å². The summed E-state index contributed by atoms with van der Waals surface area (Å²) in [4.78, 5) is 0. The zero-order valence-corrected chi connectivity index (χ0v) is 11.2. The summed E-state index contributed by atoms with van der Waals surface area (Å²) < 4.78 is 15.6. The van der Waals surface area contributed by atoms with E-state index in [1.165, 1.54) is 17.8 Å². The molecule has 0 aliphatic heterocycles. The molecule has 2 N–H and O–H groups in total. The summed E-state index contributed by atoms with van der Waals surface area (Å²) in [6, 6.07) is 4.95. The number of aromatic nitrogens is 3. The minimum atomic E-state index is -0.265. The van der Waals surface area contributed by atoms with Crippen molar-refractivity contribution in [3.05, 3.63) is 41.5 Å². The predicted octanol–water partition coefficient (Wildman–Crippen LogP) is 1.56. The molecule has 0 saturated carbocycles. The quantitative estimate of drug-likeness (QED) is 0.683. The summed E-state index contributed by atoms with van der Waals surface area (Å²) in [6.45, 7) is 0.269. The van der Waals surface area contributed by atoms with Crippen molar-refractivity contribution in [2.45, 2.75) is 10.9 Å². The summed E-state index contributed by atoms with van der Waals surface area (Å²) in [5.41, 5.74) is 6.53. The highest BCUT2D eigenvalue weighted by molar-refractivity contribution is 7.98. The summed E-state index contributed by atoms with van der Waals surface area (Å²) in [7, 11) is 1.85. The first-order valence-corrected chi connectivity index (χ1v) is 6.63. The van der Waals surface area contributed by atoms with Crippen LogP contribution in [0, 0.1) is 17.7 Å². The zero-order chi connectivity index (χ0) is 13.7. The summed E-state index contributed by atoms with van der Waals surface area (Å²) in [6.07, 6.45) is 1.62. The molecule has 0 atom stereocenters. The zero-order valence-electron chi connectivity index (χ0n) is 10.4. The van der Waals surface area contributed by atoms with Crippen LogP contribution in [0.15, 0.2) is 29.7 Å². The lowest BCUT2D eigenvalue weighted by Gasteiger charge is -2.03. The van der Waals surface area contributed by atoms with E-state index < -0.39 is 0 Å². The largest absolute Gasteiger partial charge is 0.320 e. The highest BCUT2D eigenvalue weighted by Gasteiger charge is 2.06. The van der Waals surface area contributed by atoms with Crippen molar-refractivity contribution in [2.75, 3.05) is 6.54 Å². The van der Waals surface area contributed by atoms with Crippen molar-refractivity contribution in [2.24, 2.45) is 12.8 Å². The van der Waals surface area contributed by atoms with Crippen LogP contribution in [0.4, 0.5) is 4.39 Å². The first-order chi connectivity index (χ1) is 9.20. The van der Waals surface area contributed by atoms with Gasteiger partial charge in [-0.3, -0.25) is 0 Å². The van der Waals surface area contributed by atoms with Gasteiger partial charge in [0.05, 0.1) is 6.54 Å². The third-order valence-electron chi connectivity index (χ3n) is 2.41. The van der Waals surface area contributed by atoms with E-state index in [2.05, 4.69) is 22.0 Å². The molecule has 1 aromatic carbocycles. The molecule has 4 nitrogen and oxygen atoms in total. The molecule has 0 fully saturated rings. The van der Waals surface area contributed by atoms with Crippen LogP contribution in [0.2, 0.25) is 0 Å². The van der Waals surface area contributed by atoms with Crippen molar-refractivity contribution >= 4 is 11.8 Å². The van der Waals surface area contributed by atoms with Gasteiger partial charge in [0.1, 0.15) is 12.1 Å². The molecule has 6 heteroatoms. The molecule has 1 heterocycles. The van der Waals surface area contributed by atoms with E-state index in [1.54, 1.807) is 23.0 Å². The summed E-state index contributed by atoms with van der Waals surface area (Å²) in [5.74, 6) is 5.74. The van der Waals surface area contributed by atoms with Gasteiger partial charge < -0.3 is 10.3 Å². The fourth-order valence-corrected chi connectivity index (χ4v) is 2.32. The number of hydrogen-bond acceptors (Lipinski definition) is 4. The van der Waals surface area contributed by atoms with Gasteiger partial charge in [-0.25, -0.2) is 4.39 Å². The second kappa shape index (κ2) is 6.36. The Kier molecular flexibility index (Phi) is 4.55. The van der Waals surface area contributed by atoms with Gasteiger partial charge in [-0.15, -0.1) is 10.2 Å². The first kappa shape index (κ1) is 13.6. The number of hydrogen-bond donors (Lipinski definition) is 1. The van der Waals surface area contributed by atoms with Crippen LogP contribution < -0.4 is 5.73 Å². The minimum Gasteiger partial charge on any atom is -0.320 e. The number of halogens is 1. The maximum atomic E-state index is 13.9. The SMILES string of the molecule is Cn1cnnc1SCc1ccc(C#CCN)cc1F. The Labute approximate surface area is 115 Å². The summed E-state index contributed by atoms with van der Waals surface area (Å²) >= 11 is 1.44. The molecule has 98 valence electrons. The Hall–Kier alpha value is -1.84. The molecule has 0 saturated heterocycles. The number of rotatable bonds is 3. The van der Waals surface area contributed by atoms with Gasteiger partial charge in [0.2, 0.25) is 0 Å². The number of thioether (sulfide) groups is 1. The standard InChI is InChI=1S/C13H13FN4S/c1-18-9-16-17-13(18)19-8-11-5-4-10(3-2-6-15)7-12(11)14/h4-5,7,9H,6,8,15H2,1H3. The van der Waals surface area contributed by atoms with Gasteiger partial charge >= 0.3 is 0 Å². The average Bonchev–Trinajstić information content (AvgIpc) is 2.81. The molecule has 2 rings (SSSR count). The highest BCUT2D eigenvalue weighted by atomic mass is 32.2. The fourth-order valence-electron chi connectivity index (χ4n) is 1.44.